The summed E-state index contributed by atoms with van der Waals surface area (Å²) in [5.41, 5.74) is 3.10. The molecule has 2 atom stereocenters. The fourth-order valence-electron chi connectivity index (χ4n) is 5.86. The zero-order valence-electron chi connectivity index (χ0n) is 15.5. The molecule has 3 aliphatic carbocycles. The Bertz CT molecular complexity index is 1150. The van der Waals surface area contributed by atoms with Crippen molar-refractivity contribution >= 4 is 23.8 Å². The Balaban J connectivity index is 1.67. The molecule has 1 heterocycles. The predicted octanol–water partition coefficient (Wildman–Crippen LogP) is 3.44. The van der Waals surface area contributed by atoms with Crippen LogP contribution in [0.1, 0.15) is 28.2 Å². The van der Waals surface area contributed by atoms with Gasteiger partial charge in [0.25, 0.3) is 0 Å². The van der Waals surface area contributed by atoms with Gasteiger partial charge in [0.05, 0.1) is 22.9 Å². The van der Waals surface area contributed by atoms with Crippen LogP contribution in [0.25, 0.3) is 0 Å². The fraction of sp³-hybridized carbons (Fsp3) is 0.160. The topological polar surface area (TPSA) is 54.5 Å². The number of hydrogen-bond acceptors (Lipinski definition) is 3. The molecule has 29 heavy (non-hydrogen) atoms. The third-order valence-electron chi connectivity index (χ3n) is 6.88. The summed E-state index contributed by atoms with van der Waals surface area (Å²) >= 11 is 0. The zero-order chi connectivity index (χ0) is 19.8. The van der Waals surface area contributed by atoms with E-state index >= 15 is 0 Å². The number of amides is 2. The molecule has 1 saturated heterocycles. The molecule has 2 bridgehead atoms. The maximum Gasteiger partial charge on any atom is 0.239 e. The zero-order valence-corrected chi connectivity index (χ0v) is 15.5. The second kappa shape index (κ2) is 5.51. The van der Waals surface area contributed by atoms with Crippen molar-refractivity contribution in [3.63, 3.8) is 0 Å². The molecular weight excluding hydrogens is 362 g/mol. The number of benzene rings is 3. The average Bonchev–Trinajstić information content (AvgIpc) is 3.05. The Morgan fingerprint density at radius 3 is 1.86 bits per heavy atom. The van der Waals surface area contributed by atoms with Crippen LogP contribution in [-0.4, -0.2) is 18.1 Å². The van der Waals surface area contributed by atoms with E-state index in [1.54, 1.807) is 12.1 Å². The molecule has 7 rings (SSSR count). The smallest absolute Gasteiger partial charge is 0.239 e. The minimum absolute atomic E-state index is 0.216. The molecule has 4 heteroatoms. The van der Waals surface area contributed by atoms with Gasteiger partial charge in [-0.15, -0.1) is 0 Å². The summed E-state index contributed by atoms with van der Waals surface area (Å²) in [5.74, 6) is -2.02. The lowest BCUT2D eigenvalue weighted by Gasteiger charge is -2.51. The third kappa shape index (κ3) is 1.77. The summed E-state index contributed by atoms with van der Waals surface area (Å²) in [4.78, 5) is 41.4. The molecular formula is C25H17NO3. The summed E-state index contributed by atoms with van der Waals surface area (Å²) < 4.78 is 0. The first kappa shape index (κ1) is 16.4. The number of carbonyl (C=O) groups is 3. The van der Waals surface area contributed by atoms with E-state index in [-0.39, 0.29) is 17.7 Å². The van der Waals surface area contributed by atoms with E-state index in [2.05, 4.69) is 0 Å². The van der Waals surface area contributed by atoms with Gasteiger partial charge in [-0.1, -0.05) is 66.7 Å². The lowest BCUT2D eigenvalue weighted by Crippen LogP contribution is -2.54. The molecule has 0 N–H and O–H groups in total. The van der Waals surface area contributed by atoms with Gasteiger partial charge in [0.15, 0.2) is 0 Å². The van der Waals surface area contributed by atoms with E-state index in [1.165, 1.54) is 4.90 Å². The van der Waals surface area contributed by atoms with Gasteiger partial charge in [-0.3, -0.25) is 9.59 Å². The quantitative estimate of drug-likeness (QED) is 0.506. The lowest BCUT2D eigenvalue weighted by molar-refractivity contribution is -0.128. The Hall–Kier alpha value is -3.53. The Morgan fingerprint density at radius 2 is 1.28 bits per heavy atom. The van der Waals surface area contributed by atoms with E-state index in [0.29, 0.717) is 5.69 Å². The average molecular weight is 379 g/mol. The van der Waals surface area contributed by atoms with Gasteiger partial charge in [-0.05, 0) is 34.4 Å². The van der Waals surface area contributed by atoms with Crippen molar-refractivity contribution in [2.75, 3.05) is 4.90 Å². The largest absolute Gasteiger partial charge is 0.302 e. The number of anilines is 1. The molecule has 3 aromatic rings. The van der Waals surface area contributed by atoms with E-state index in [9.17, 15) is 14.4 Å². The molecule has 0 saturated carbocycles. The summed E-state index contributed by atoms with van der Waals surface area (Å²) in [6.07, 6.45) is 0.900. The van der Waals surface area contributed by atoms with Crippen LogP contribution in [0.3, 0.4) is 0 Å². The SMILES string of the molecule is O=CC12c3ccccc3C(c3ccccc31)[C@@H]1C(=O)N(c3ccccc3)C(=O)[C@H]12. The highest BCUT2D eigenvalue weighted by molar-refractivity contribution is 6.24. The van der Waals surface area contributed by atoms with Crippen LogP contribution in [0.15, 0.2) is 78.9 Å². The number of imide groups is 1. The van der Waals surface area contributed by atoms with Crippen LogP contribution in [0.2, 0.25) is 0 Å². The van der Waals surface area contributed by atoms with Gasteiger partial charge in [0.2, 0.25) is 11.8 Å². The fourth-order valence-corrected chi connectivity index (χ4v) is 5.86. The van der Waals surface area contributed by atoms with Crippen molar-refractivity contribution in [1.82, 2.24) is 0 Å². The van der Waals surface area contributed by atoms with Crippen LogP contribution < -0.4 is 4.90 Å². The van der Waals surface area contributed by atoms with Crippen molar-refractivity contribution in [3.05, 3.63) is 101 Å². The highest BCUT2D eigenvalue weighted by atomic mass is 16.2. The number of para-hydroxylation sites is 1. The normalized spacial score (nSPS) is 28.7. The van der Waals surface area contributed by atoms with Gasteiger partial charge < -0.3 is 4.79 Å². The molecule has 0 aromatic heterocycles. The molecule has 0 unspecified atom stereocenters. The van der Waals surface area contributed by atoms with Crippen LogP contribution >= 0.6 is 0 Å². The van der Waals surface area contributed by atoms with Crippen LogP contribution in [0, 0.1) is 11.8 Å². The second-order valence-electron chi connectivity index (χ2n) is 7.99. The number of rotatable bonds is 2. The predicted molar refractivity (Wildman–Crippen MR) is 107 cm³/mol. The molecule has 2 amide bonds. The van der Waals surface area contributed by atoms with Crippen molar-refractivity contribution in [2.45, 2.75) is 11.3 Å². The maximum atomic E-state index is 13.7. The lowest BCUT2D eigenvalue weighted by atomic mass is 9.48. The first-order chi connectivity index (χ1) is 14.2. The third-order valence-corrected chi connectivity index (χ3v) is 6.88. The number of hydrogen-bond donors (Lipinski definition) is 0. The summed E-state index contributed by atoms with van der Waals surface area (Å²) in [7, 11) is 0. The molecule has 4 aliphatic rings. The van der Waals surface area contributed by atoms with Crippen molar-refractivity contribution in [1.29, 1.82) is 0 Å². The molecule has 1 fully saturated rings. The number of aldehydes is 1. The Labute approximate surface area is 167 Å². The van der Waals surface area contributed by atoms with E-state index in [1.807, 2.05) is 66.7 Å². The van der Waals surface area contributed by atoms with Crippen molar-refractivity contribution in [3.8, 4) is 0 Å². The summed E-state index contributed by atoms with van der Waals surface area (Å²) in [6, 6.07) is 24.5. The number of carbonyl (C=O) groups excluding carboxylic acids is 3. The van der Waals surface area contributed by atoms with Gasteiger partial charge in [0.1, 0.15) is 6.29 Å². The minimum Gasteiger partial charge on any atom is -0.302 e. The Kier molecular flexibility index (Phi) is 3.12. The first-order valence-electron chi connectivity index (χ1n) is 9.78. The summed E-state index contributed by atoms with van der Waals surface area (Å²) in [6.45, 7) is 0. The van der Waals surface area contributed by atoms with Gasteiger partial charge in [0, 0.05) is 5.92 Å². The van der Waals surface area contributed by atoms with Gasteiger partial charge >= 0.3 is 0 Å². The first-order valence-corrected chi connectivity index (χ1v) is 9.78. The van der Waals surface area contributed by atoms with E-state index in [0.717, 1.165) is 28.5 Å². The molecule has 0 spiro atoms. The van der Waals surface area contributed by atoms with Crippen molar-refractivity contribution in [2.24, 2.45) is 11.8 Å². The van der Waals surface area contributed by atoms with Gasteiger partial charge in [-0.2, -0.15) is 0 Å². The van der Waals surface area contributed by atoms with Crippen LogP contribution in [-0.2, 0) is 19.8 Å². The van der Waals surface area contributed by atoms with Gasteiger partial charge in [-0.25, -0.2) is 4.90 Å². The van der Waals surface area contributed by atoms with Crippen LogP contribution in [0.4, 0.5) is 5.69 Å². The van der Waals surface area contributed by atoms with Crippen molar-refractivity contribution < 1.29 is 14.4 Å². The minimum atomic E-state index is -1.14. The monoisotopic (exact) mass is 379 g/mol. The molecule has 4 nitrogen and oxygen atoms in total. The van der Waals surface area contributed by atoms with E-state index in [4.69, 9.17) is 0 Å². The molecule has 0 radical (unpaired) electrons. The number of nitrogens with zero attached hydrogens (tertiary/aromatic N) is 1. The maximum absolute atomic E-state index is 13.7. The molecule has 140 valence electrons. The Morgan fingerprint density at radius 1 is 0.724 bits per heavy atom. The highest BCUT2D eigenvalue weighted by Gasteiger charge is 2.68. The van der Waals surface area contributed by atoms with Crippen LogP contribution in [0.5, 0.6) is 0 Å². The standard InChI is InChI=1S/C25H17NO3/c27-14-25-18-12-6-4-10-16(18)20(17-11-5-7-13-19(17)25)21-22(25)24(29)26(23(21)28)15-8-2-1-3-9-15/h1-14,20-22H/t20?,21-,22-,25?/m0/s1. The van der Waals surface area contributed by atoms with E-state index < -0.39 is 17.3 Å². The molecule has 3 aromatic carbocycles. The molecule has 1 aliphatic heterocycles. The summed E-state index contributed by atoms with van der Waals surface area (Å²) in [5, 5.41) is 0. The highest BCUT2D eigenvalue weighted by Crippen LogP contribution is 2.63. The second-order valence-corrected chi connectivity index (χ2v) is 7.99.